The van der Waals surface area contributed by atoms with E-state index < -0.39 is 18.1 Å². The molecule has 2 unspecified atom stereocenters. The van der Waals surface area contributed by atoms with Crippen molar-refractivity contribution in [1.29, 1.82) is 0 Å². The van der Waals surface area contributed by atoms with Gasteiger partial charge in [-0.3, -0.25) is 9.59 Å². The lowest BCUT2D eigenvalue weighted by atomic mass is 10.1. The van der Waals surface area contributed by atoms with Crippen molar-refractivity contribution in [3.05, 3.63) is 48.6 Å². The Morgan fingerprint density at radius 3 is 1.80 bits per heavy atom. The van der Waals surface area contributed by atoms with E-state index in [0.29, 0.717) is 12.8 Å². The van der Waals surface area contributed by atoms with E-state index >= 15 is 0 Å². The average Bonchev–Trinajstić information content (AvgIpc) is 3.00. The van der Waals surface area contributed by atoms with Crippen LogP contribution in [-0.4, -0.2) is 75.5 Å². The first kappa shape index (κ1) is 43.3. The topological polar surface area (TPSA) is 102 Å². The molecule has 0 saturated carbocycles. The number of quaternary nitrogens is 1. The molecule has 0 aliphatic rings. The molecule has 0 aromatic carbocycles. The van der Waals surface area contributed by atoms with Crippen molar-refractivity contribution in [1.82, 2.24) is 0 Å². The number of ether oxygens (including phenoxy) is 3. The van der Waals surface area contributed by atoms with Crippen LogP contribution in [0.5, 0.6) is 0 Å². The van der Waals surface area contributed by atoms with Crippen LogP contribution in [0.25, 0.3) is 0 Å². The zero-order valence-corrected chi connectivity index (χ0v) is 29.7. The van der Waals surface area contributed by atoms with Gasteiger partial charge in [-0.15, -0.1) is 0 Å². The molecule has 0 N–H and O–H groups in total. The maximum absolute atomic E-state index is 12.5. The molecular formula is C38H65NO7. The number of hydrogen-bond donors (Lipinski definition) is 0. The van der Waals surface area contributed by atoms with E-state index in [1.165, 1.54) is 12.8 Å². The number of unbranched alkanes of at least 4 members (excludes halogenated alkanes) is 8. The Hall–Kier alpha value is -2.71. The van der Waals surface area contributed by atoms with Gasteiger partial charge in [-0.05, 0) is 51.4 Å². The van der Waals surface area contributed by atoms with Crippen molar-refractivity contribution in [2.24, 2.45) is 0 Å². The minimum Gasteiger partial charge on any atom is -0.544 e. The zero-order chi connectivity index (χ0) is 34.3. The number of likely N-dealkylation sites (N-methyl/N-ethyl adjacent to an activating group) is 1. The molecule has 8 nitrogen and oxygen atoms in total. The van der Waals surface area contributed by atoms with Gasteiger partial charge in [-0.2, -0.15) is 0 Å². The summed E-state index contributed by atoms with van der Waals surface area (Å²) in [5.41, 5.74) is 0. The fourth-order valence-corrected chi connectivity index (χ4v) is 4.71. The Bertz CT molecular complexity index is 901. The summed E-state index contributed by atoms with van der Waals surface area (Å²) >= 11 is 0. The summed E-state index contributed by atoms with van der Waals surface area (Å²) < 4.78 is 16.8. The highest BCUT2D eigenvalue weighted by molar-refractivity contribution is 5.70. The largest absolute Gasteiger partial charge is 0.544 e. The highest BCUT2D eigenvalue weighted by atomic mass is 16.6. The summed E-state index contributed by atoms with van der Waals surface area (Å²) in [6.45, 7) is 4.33. The lowest BCUT2D eigenvalue weighted by molar-refractivity contribution is -0.889. The van der Waals surface area contributed by atoms with Gasteiger partial charge in [0.2, 0.25) is 0 Å². The predicted octanol–water partition coefficient (Wildman–Crippen LogP) is 7.18. The van der Waals surface area contributed by atoms with Crippen molar-refractivity contribution in [2.45, 2.75) is 135 Å². The molecule has 0 bridgehead atoms. The van der Waals surface area contributed by atoms with Crippen LogP contribution in [0, 0.1) is 0 Å². The van der Waals surface area contributed by atoms with E-state index in [2.05, 4.69) is 62.5 Å². The molecule has 0 saturated heterocycles. The highest BCUT2D eigenvalue weighted by Crippen LogP contribution is 2.12. The van der Waals surface area contributed by atoms with E-state index in [1.54, 1.807) is 21.1 Å². The van der Waals surface area contributed by atoms with Crippen molar-refractivity contribution in [3.8, 4) is 0 Å². The molecule has 0 radical (unpaired) electrons. The second kappa shape index (κ2) is 29.7. The Labute approximate surface area is 280 Å². The second-order valence-electron chi connectivity index (χ2n) is 12.7. The minimum absolute atomic E-state index is 0.0319. The third-order valence-electron chi connectivity index (χ3n) is 7.48. The monoisotopic (exact) mass is 647 g/mol. The summed E-state index contributed by atoms with van der Waals surface area (Å²) in [5.74, 6) is -1.79. The molecule has 0 rings (SSSR count). The van der Waals surface area contributed by atoms with Gasteiger partial charge in [0.15, 0.2) is 6.10 Å². The van der Waals surface area contributed by atoms with Crippen LogP contribution in [0.2, 0.25) is 0 Å². The average molecular weight is 648 g/mol. The molecule has 0 fully saturated rings. The Morgan fingerprint density at radius 1 is 0.674 bits per heavy atom. The second-order valence-corrected chi connectivity index (χ2v) is 12.7. The first-order valence-electron chi connectivity index (χ1n) is 17.7. The van der Waals surface area contributed by atoms with E-state index in [9.17, 15) is 19.5 Å². The molecule has 0 amide bonds. The highest BCUT2D eigenvalue weighted by Gasteiger charge is 2.25. The Kier molecular flexibility index (Phi) is 27.9. The molecule has 2 atom stereocenters. The number of carboxylic acids is 1. The maximum atomic E-state index is 12.5. The van der Waals surface area contributed by atoms with E-state index in [0.717, 1.165) is 77.0 Å². The molecular weight excluding hydrogens is 582 g/mol. The van der Waals surface area contributed by atoms with Crippen molar-refractivity contribution in [3.63, 3.8) is 0 Å². The van der Waals surface area contributed by atoms with Crippen molar-refractivity contribution >= 4 is 17.9 Å². The van der Waals surface area contributed by atoms with E-state index in [4.69, 9.17) is 14.2 Å². The molecule has 8 heteroatoms. The van der Waals surface area contributed by atoms with Crippen LogP contribution < -0.4 is 5.11 Å². The van der Waals surface area contributed by atoms with Gasteiger partial charge in [0.25, 0.3) is 0 Å². The number of aliphatic carboxylic acids is 1. The van der Waals surface area contributed by atoms with Gasteiger partial charge in [-0.25, -0.2) is 0 Å². The van der Waals surface area contributed by atoms with Crippen molar-refractivity contribution in [2.75, 3.05) is 41.0 Å². The third-order valence-corrected chi connectivity index (χ3v) is 7.48. The quantitative estimate of drug-likeness (QED) is 0.0352. The number of carbonyl (C=O) groups is 3. The third kappa shape index (κ3) is 27.6. The first-order chi connectivity index (χ1) is 22.1. The predicted molar refractivity (Wildman–Crippen MR) is 185 cm³/mol. The summed E-state index contributed by atoms with van der Waals surface area (Å²) in [4.78, 5) is 36.1. The number of nitrogens with zero attached hydrogens (tertiary/aromatic N) is 1. The number of rotatable bonds is 30. The van der Waals surface area contributed by atoms with Crippen LogP contribution in [0.4, 0.5) is 0 Å². The van der Waals surface area contributed by atoms with Crippen LogP contribution in [0.3, 0.4) is 0 Å². The summed E-state index contributed by atoms with van der Waals surface area (Å²) in [7, 11) is 5.36. The molecule has 46 heavy (non-hydrogen) atoms. The Morgan fingerprint density at radius 2 is 1.22 bits per heavy atom. The number of carbonyl (C=O) groups excluding carboxylic acids is 3. The lowest BCUT2D eigenvalue weighted by Gasteiger charge is -2.34. The summed E-state index contributed by atoms with van der Waals surface area (Å²) in [5, 5.41) is 11.5. The normalized spacial score (nSPS) is 13.7. The van der Waals surface area contributed by atoms with Gasteiger partial charge in [0, 0.05) is 19.3 Å². The molecule has 0 heterocycles. The molecule has 0 aromatic rings. The molecule has 0 aliphatic heterocycles. The van der Waals surface area contributed by atoms with Gasteiger partial charge < -0.3 is 28.6 Å². The Balaban J connectivity index is 4.24. The van der Waals surface area contributed by atoms with Gasteiger partial charge in [0.05, 0.1) is 40.3 Å². The van der Waals surface area contributed by atoms with Crippen molar-refractivity contribution < 1.29 is 38.2 Å². The number of hydrogen-bond acceptors (Lipinski definition) is 7. The first-order valence-corrected chi connectivity index (χ1v) is 17.7. The van der Waals surface area contributed by atoms with Crippen LogP contribution in [0.1, 0.15) is 123 Å². The molecule has 0 aliphatic carbocycles. The SMILES string of the molecule is CC/C=C\C/C=C\C/C=C\C/C=C\CCCCCCCCC(=O)OC(COCCC(C(=O)[O-])[N+](C)(C)C)COC(=O)CCCCC. The number of esters is 2. The van der Waals surface area contributed by atoms with Crippen LogP contribution in [-0.2, 0) is 28.6 Å². The smallest absolute Gasteiger partial charge is 0.306 e. The summed E-state index contributed by atoms with van der Waals surface area (Å²) in [6, 6.07) is -0.725. The number of allylic oxidation sites excluding steroid dienone is 8. The maximum Gasteiger partial charge on any atom is 0.306 e. The van der Waals surface area contributed by atoms with E-state index in [-0.39, 0.29) is 42.7 Å². The van der Waals surface area contributed by atoms with Gasteiger partial charge >= 0.3 is 11.9 Å². The summed E-state index contributed by atoms with van der Waals surface area (Å²) in [6.07, 6.45) is 32.1. The van der Waals surface area contributed by atoms with E-state index in [1.807, 2.05) is 0 Å². The lowest BCUT2D eigenvalue weighted by Crippen LogP contribution is -2.55. The zero-order valence-electron chi connectivity index (χ0n) is 29.7. The number of carboxylic acid groups (broad SMARTS) is 1. The van der Waals surface area contributed by atoms with Crippen LogP contribution in [0.15, 0.2) is 48.6 Å². The molecule has 0 spiro atoms. The molecule has 264 valence electrons. The molecule has 0 aromatic heterocycles. The fourth-order valence-electron chi connectivity index (χ4n) is 4.71. The van der Waals surface area contributed by atoms with Gasteiger partial charge in [-0.1, -0.05) is 101 Å². The minimum atomic E-state index is -1.13. The van der Waals surface area contributed by atoms with Crippen LogP contribution >= 0.6 is 0 Å². The standard InChI is InChI=1S/C38H65NO7/c1-6-8-10-11-12-13-14-15-16-17-18-19-20-21-22-23-24-25-27-29-37(41)46-34(33-45-36(40)28-26-9-7-2)32-44-31-30-35(38(42)43)39(3,4)5/h8,10,12-13,15-16,18-19,34-35H,6-7,9,11,14,17,20-33H2,1-5H3/b10-8-,13-12-,16-15-,19-18-. The fraction of sp³-hybridized carbons (Fsp3) is 0.711. The van der Waals surface area contributed by atoms with Gasteiger partial charge in [0.1, 0.15) is 12.6 Å².